The Labute approximate surface area is 213 Å². The van der Waals surface area contributed by atoms with Crippen LogP contribution in [-0.2, 0) is 0 Å². The summed E-state index contributed by atoms with van der Waals surface area (Å²) in [6.07, 6.45) is 2.67. The molecule has 0 aromatic heterocycles. The molecule has 4 aliphatic heterocycles. The highest BCUT2D eigenvalue weighted by Crippen LogP contribution is 2.30. The largest absolute Gasteiger partial charge is 0.306 e. The summed E-state index contributed by atoms with van der Waals surface area (Å²) in [6, 6.07) is 2.99. The maximum absolute atomic E-state index is 2.63. The fourth-order valence-corrected chi connectivity index (χ4v) is 5.93. The number of likely N-dealkylation sites (tertiary alicyclic amines) is 3. The first-order valence-electron chi connectivity index (χ1n) is 14.2. The second kappa shape index (κ2) is 14.5. The van der Waals surface area contributed by atoms with E-state index in [1.54, 1.807) is 0 Å². The Bertz CT molecular complexity index is 523. The van der Waals surface area contributed by atoms with E-state index in [1.165, 1.54) is 78.3 Å². The molecule has 6 heteroatoms. The monoisotopic (exact) mass is 480 g/mol. The summed E-state index contributed by atoms with van der Waals surface area (Å²) < 4.78 is 0. The third-order valence-corrected chi connectivity index (χ3v) is 8.57. The van der Waals surface area contributed by atoms with E-state index in [4.69, 9.17) is 0 Å². The lowest BCUT2D eigenvalue weighted by Crippen LogP contribution is -2.34. The number of nitrogens with zero attached hydrogens (tertiary/aromatic N) is 6. The van der Waals surface area contributed by atoms with Gasteiger partial charge >= 0.3 is 0 Å². The molecular formula is C28H60N6. The number of fused-ring (bicyclic) bond motifs is 1. The molecule has 34 heavy (non-hydrogen) atoms. The van der Waals surface area contributed by atoms with E-state index >= 15 is 0 Å². The third-order valence-electron chi connectivity index (χ3n) is 8.57. The summed E-state index contributed by atoms with van der Waals surface area (Å²) in [5.41, 5.74) is 0. The van der Waals surface area contributed by atoms with Crippen molar-refractivity contribution in [3.63, 3.8) is 0 Å². The van der Waals surface area contributed by atoms with Crippen molar-refractivity contribution in [2.75, 3.05) is 93.6 Å². The Morgan fingerprint density at radius 2 is 1.12 bits per heavy atom. The zero-order valence-electron chi connectivity index (χ0n) is 24.6. The molecule has 4 fully saturated rings. The standard InChI is InChI=1S/C10H20N2.2C9H20N2/c1-8(2)12-6-9-4-11(3)5-10(9)7-12;1-8(2)11-6-5-9(7-11)10(3)4;1-9(2)11-6-4-5-10(3)7-8-11/h8-10H,4-7H2,1-3H3;8-9H,5-7H2,1-4H3;9H,4-8H2,1-3H3. The minimum absolute atomic E-state index is 0.722. The summed E-state index contributed by atoms with van der Waals surface area (Å²) in [4.78, 5) is 15.0. The first-order valence-corrected chi connectivity index (χ1v) is 14.2. The number of hydrogen-bond acceptors (Lipinski definition) is 6. The highest BCUT2D eigenvalue weighted by atomic mass is 15.2. The van der Waals surface area contributed by atoms with Crippen molar-refractivity contribution in [3.8, 4) is 0 Å². The number of likely N-dealkylation sites (N-methyl/N-ethyl adjacent to an activating group) is 2. The van der Waals surface area contributed by atoms with Gasteiger partial charge in [-0.25, -0.2) is 0 Å². The van der Waals surface area contributed by atoms with E-state index in [1.807, 2.05) is 0 Å². The number of hydrogen-bond donors (Lipinski definition) is 0. The van der Waals surface area contributed by atoms with E-state index in [0.29, 0.717) is 0 Å². The van der Waals surface area contributed by atoms with Crippen molar-refractivity contribution >= 4 is 0 Å². The van der Waals surface area contributed by atoms with Crippen molar-refractivity contribution in [2.24, 2.45) is 11.8 Å². The summed E-state index contributed by atoms with van der Waals surface area (Å²) >= 11 is 0. The van der Waals surface area contributed by atoms with Gasteiger partial charge in [-0.3, -0.25) is 9.80 Å². The molecule has 3 atom stereocenters. The maximum atomic E-state index is 2.63. The van der Waals surface area contributed by atoms with Gasteiger partial charge in [0.1, 0.15) is 0 Å². The second-order valence-corrected chi connectivity index (χ2v) is 12.6. The van der Waals surface area contributed by atoms with Crippen LogP contribution in [-0.4, -0.2) is 147 Å². The lowest BCUT2D eigenvalue weighted by molar-refractivity contribution is 0.228. The molecule has 0 N–H and O–H groups in total. The molecule has 202 valence electrons. The second-order valence-electron chi connectivity index (χ2n) is 12.6. The molecule has 0 bridgehead atoms. The SMILES string of the molecule is CC(C)N1CC2CN(C)CC2C1.CC(C)N1CCC(N(C)C)C1.CC(C)N1CCCN(C)CC1. The highest BCUT2D eigenvalue weighted by Gasteiger charge is 2.39. The Hall–Kier alpha value is -0.240. The molecule has 0 aromatic rings. The Kier molecular flexibility index (Phi) is 12.8. The van der Waals surface area contributed by atoms with Crippen LogP contribution in [0.1, 0.15) is 54.4 Å². The van der Waals surface area contributed by atoms with Crippen molar-refractivity contribution in [3.05, 3.63) is 0 Å². The summed E-state index contributed by atoms with van der Waals surface area (Å²) in [6.45, 7) is 26.6. The molecule has 0 radical (unpaired) electrons. The smallest absolute Gasteiger partial charge is 0.0229 e. The van der Waals surface area contributed by atoms with Gasteiger partial charge < -0.3 is 19.6 Å². The predicted molar refractivity (Wildman–Crippen MR) is 149 cm³/mol. The van der Waals surface area contributed by atoms with Crippen LogP contribution in [0.25, 0.3) is 0 Å². The predicted octanol–water partition coefficient (Wildman–Crippen LogP) is 2.95. The summed E-state index contributed by atoms with van der Waals surface area (Å²) in [5.74, 6) is 1.94. The molecule has 0 aromatic carbocycles. The van der Waals surface area contributed by atoms with Gasteiger partial charge in [-0.2, -0.15) is 0 Å². The minimum atomic E-state index is 0.722. The topological polar surface area (TPSA) is 19.4 Å². The molecule has 0 aliphatic carbocycles. The normalized spacial score (nSPS) is 30.0. The van der Waals surface area contributed by atoms with E-state index in [2.05, 4.69) is 99.1 Å². The van der Waals surface area contributed by atoms with Crippen LogP contribution in [0.5, 0.6) is 0 Å². The van der Waals surface area contributed by atoms with Crippen molar-refractivity contribution in [2.45, 2.75) is 78.6 Å². The fraction of sp³-hybridized carbons (Fsp3) is 1.00. The molecule has 6 nitrogen and oxygen atoms in total. The van der Waals surface area contributed by atoms with Crippen molar-refractivity contribution < 1.29 is 0 Å². The zero-order valence-corrected chi connectivity index (χ0v) is 24.6. The van der Waals surface area contributed by atoms with E-state index in [-0.39, 0.29) is 0 Å². The molecule has 4 saturated heterocycles. The minimum Gasteiger partial charge on any atom is -0.306 e. The van der Waals surface area contributed by atoms with E-state index < -0.39 is 0 Å². The van der Waals surface area contributed by atoms with Crippen molar-refractivity contribution in [1.82, 2.24) is 29.4 Å². The van der Waals surface area contributed by atoms with E-state index in [9.17, 15) is 0 Å². The van der Waals surface area contributed by atoms with Gasteiger partial charge in [0, 0.05) is 76.5 Å². The number of rotatable bonds is 4. The molecule has 0 saturated carbocycles. The van der Waals surface area contributed by atoms with E-state index in [0.717, 1.165) is 36.0 Å². The molecule has 4 rings (SSSR count). The Morgan fingerprint density at radius 1 is 0.559 bits per heavy atom. The molecular weight excluding hydrogens is 420 g/mol. The Balaban J connectivity index is 0.000000181. The molecule has 4 heterocycles. The van der Waals surface area contributed by atoms with Gasteiger partial charge in [-0.1, -0.05) is 0 Å². The summed E-state index contributed by atoms with van der Waals surface area (Å²) in [5, 5.41) is 0. The fourth-order valence-electron chi connectivity index (χ4n) is 5.93. The summed E-state index contributed by atoms with van der Waals surface area (Å²) in [7, 11) is 8.81. The zero-order chi connectivity index (χ0) is 25.4. The lowest BCUT2D eigenvalue weighted by Gasteiger charge is -2.23. The van der Waals surface area contributed by atoms with Gasteiger partial charge in [0.15, 0.2) is 0 Å². The molecule has 0 spiro atoms. The average Bonchev–Trinajstić information content (AvgIpc) is 3.42. The first-order chi connectivity index (χ1) is 16.0. The van der Waals surface area contributed by atoms with Gasteiger partial charge in [0.2, 0.25) is 0 Å². The van der Waals surface area contributed by atoms with Gasteiger partial charge in [-0.15, -0.1) is 0 Å². The van der Waals surface area contributed by atoms with Crippen molar-refractivity contribution in [1.29, 1.82) is 0 Å². The van der Waals surface area contributed by atoms with Crippen LogP contribution in [0.3, 0.4) is 0 Å². The average molecular weight is 481 g/mol. The van der Waals surface area contributed by atoms with Crippen LogP contribution in [0, 0.1) is 11.8 Å². The Morgan fingerprint density at radius 3 is 1.56 bits per heavy atom. The molecule has 3 unspecified atom stereocenters. The van der Waals surface area contributed by atoms with Crippen LogP contribution >= 0.6 is 0 Å². The third kappa shape index (κ3) is 9.67. The highest BCUT2D eigenvalue weighted by molar-refractivity contribution is 4.92. The van der Waals surface area contributed by atoms with Crippen LogP contribution in [0.15, 0.2) is 0 Å². The maximum Gasteiger partial charge on any atom is 0.0229 e. The van der Waals surface area contributed by atoms with Gasteiger partial charge in [0.25, 0.3) is 0 Å². The molecule has 0 amide bonds. The first kappa shape index (κ1) is 30.0. The van der Waals surface area contributed by atoms with Gasteiger partial charge in [-0.05, 0) is 108 Å². The lowest BCUT2D eigenvalue weighted by atomic mass is 10.0. The van der Waals surface area contributed by atoms with Crippen LogP contribution in [0.4, 0.5) is 0 Å². The molecule has 4 aliphatic rings. The van der Waals surface area contributed by atoms with Crippen LogP contribution < -0.4 is 0 Å². The van der Waals surface area contributed by atoms with Gasteiger partial charge in [0.05, 0.1) is 0 Å². The van der Waals surface area contributed by atoms with Crippen LogP contribution in [0.2, 0.25) is 0 Å². The quantitative estimate of drug-likeness (QED) is 0.612.